The number of carbonyl (C=O) groups is 3. The zero-order valence-corrected chi connectivity index (χ0v) is 19.1. The number of hydrogen-bond donors (Lipinski definition) is 4. The monoisotopic (exact) mass is 480 g/mol. The van der Waals surface area contributed by atoms with Crippen molar-refractivity contribution >= 4 is 18.0 Å². The molecule has 2 aliphatic carbocycles. The molecule has 2 aromatic carbocycles. The number of aliphatic carboxylic acids is 1. The first-order valence-corrected chi connectivity index (χ1v) is 11.7. The molecule has 3 atom stereocenters. The highest BCUT2D eigenvalue weighted by atomic mass is 16.5. The Labute approximate surface area is 202 Å². The number of alkyl carbamates (subject to hydrolysis) is 1. The highest BCUT2D eigenvalue weighted by Crippen LogP contribution is 2.67. The third-order valence-electron chi connectivity index (χ3n) is 7.89. The van der Waals surface area contributed by atoms with Crippen molar-refractivity contribution in [3.8, 4) is 11.1 Å². The van der Waals surface area contributed by atoms with Crippen LogP contribution in [0.4, 0.5) is 4.79 Å². The van der Waals surface area contributed by atoms with Gasteiger partial charge < -0.3 is 30.3 Å². The highest BCUT2D eigenvalue weighted by molar-refractivity contribution is 5.90. The van der Waals surface area contributed by atoms with E-state index >= 15 is 0 Å². The van der Waals surface area contributed by atoms with Crippen LogP contribution >= 0.6 is 0 Å². The maximum Gasteiger partial charge on any atom is 0.407 e. The quantitative estimate of drug-likeness (QED) is 0.450. The van der Waals surface area contributed by atoms with Crippen LogP contribution < -0.4 is 5.32 Å². The third-order valence-corrected chi connectivity index (χ3v) is 7.89. The van der Waals surface area contributed by atoms with Gasteiger partial charge in [0.25, 0.3) is 0 Å². The molecular weight excluding hydrogens is 452 g/mol. The summed E-state index contributed by atoms with van der Waals surface area (Å²) in [4.78, 5) is 38.6. The maximum atomic E-state index is 13.1. The Morgan fingerprint density at radius 1 is 0.971 bits per heavy atom. The van der Waals surface area contributed by atoms with Gasteiger partial charge in [-0.2, -0.15) is 0 Å². The fourth-order valence-electron chi connectivity index (χ4n) is 5.92. The van der Waals surface area contributed by atoms with Gasteiger partial charge in [-0.05, 0) is 28.7 Å². The lowest BCUT2D eigenvalue weighted by molar-refractivity contribution is -0.142. The van der Waals surface area contributed by atoms with Crippen molar-refractivity contribution < 1.29 is 34.4 Å². The summed E-state index contributed by atoms with van der Waals surface area (Å²) in [6, 6.07) is 14.5. The lowest BCUT2D eigenvalue weighted by Crippen LogP contribution is -2.50. The van der Waals surface area contributed by atoms with Crippen molar-refractivity contribution in [1.29, 1.82) is 0 Å². The minimum Gasteiger partial charge on any atom is -0.481 e. The predicted molar refractivity (Wildman–Crippen MR) is 124 cm³/mol. The van der Waals surface area contributed by atoms with Gasteiger partial charge in [-0.15, -0.1) is 0 Å². The molecule has 35 heavy (non-hydrogen) atoms. The number of piperidine rings is 1. The summed E-state index contributed by atoms with van der Waals surface area (Å²) in [6.45, 7) is 0.136. The Morgan fingerprint density at radius 3 is 2.03 bits per heavy atom. The summed E-state index contributed by atoms with van der Waals surface area (Å²) >= 11 is 0. The van der Waals surface area contributed by atoms with Crippen LogP contribution in [0, 0.1) is 10.8 Å². The summed E-state index contributed by atoms with van der Waals surface area (Å²) in [7, 11) is 0. The van der Waals surface area contributed by atoms with E-state index in [4.69, 9.17) is 4.74 Å². The van der Waals surface area contributed by atoms with E-state index in [1.54, 1.807) is 0 Å². The fourth-order valence-corrected chi connectivity index (χ4v) is 5.92. The molecule has 3 aliphatic rings. The summed E-state index contributed by atoms with van der Waals surface area (Å²) in [5.74, 6) is -1.96. The summed E-state index contributed by atoms with van der Waals surface area (Å²) in [5, 5.41) is 31.3. The number of amides is 2. The van der Waals surface area contributed by atoms with Gasteiger partial charge in [-0.3, -0.25) is 9.59 Å². The molecule has 1 saturated carbocycles. The molecule has 3 unspecified atom stereocenters. The first kappa shape index (κ1) is 23.3. The van der Waals surface area contributed by atoms with Crippen molar-refractivity contribution in [2.45, 2.75) is 24.8 Å². The topological polar surface area (TPSA) is 136 Å². The first-order chi connectivity index (χ1) is 16.8. The van der Waals surface area contributed by atoms with E-state index in [1.807, 2.05) is 48.5 Å². The van der Waals surface area contributed by atoms with Crippen LogP contribution in [0.25, 0.3) is 11.1 Å². The number of benzene rings is 2. The number of carboxylic acid groups (broad SMARTS) is 1. The van der Waals surface area contributed by atoms with E-state index in [0.717, 1.165) is 22.3 Å². The van der Waals surface area contributed by atoms with E-state index in [1.165, 1.54) is 4.90 Å². The van der Waals surface area contributed by atoms with Crippen LogP contribution in [0.1, 0.15) is 29.9 Å². The molecule has 9 heteroatoms. The van der Waals surface area contributed by atoms with Crippen molar-refractivity contribution in [3.63, 3.8) is 0 Å². The summed E-state index contributed by atoms with van der Waals surface area (Å²) in [6.07, 6.45) is -0.859. The lowest BCUT2D eigenvalue weighted by Gasteiger charge is -2.26. The first-order valence-electron chi connectivity index (χ1n) is 11.7. The Balaban J connectivity index is 1.26. The van der Waals surface area contributed by atoms with Crippen LogP contribution in [-0.4, -0.2) is 77.1 Å². The molecule has 1 heterocycles. The number of carboxylic acids is 1. The number of carbonyl (C=O) groups excluding carboxylic acids is 2. The van der Waals surface area contributed by atoms with Crippen LogP contribution in [0.2, 0.25) is 0 Å². The van der Waals surface area contributed by atoms with Gasteiger partial charge >= 0.3 is 12.1 Å². The van der Waals surface area contributed by atoms with Gasteiger partial charge in [0.1, 0.15) is 12.6 Å². The van der Waals surface area contributed by atoms with Crippen molar-refractivity contribution in [3.05, 3.63) is 59.7 Å². The van der Waals surface area contributed by atoms with E-state index < -0.39 is 41.3 Å². The number of aliphatic hydroxyl groups is 2. The molecule has 9 nitrogen and oxygen atoms in total. The highest BCUT2D eigenvalue weighted by Gasteiger charge is 2.72. The van der Waals surface area contributed by atoms with Gasteiger partial charge in [-0.25, -0.2) is 4.79 Å². The number of fused-ring (bicyclic) bond motifs is 4. The minimum atomic E-state index is -1.31. The summed E-state index contributed by atoms with van der Waals surface area (Å²) < 4.78 is 5.48. The van der Waals surface area contributed by atoms with E-state index in [-0.39, 0.29) is 38.8 Å². The van der Waals surface area contributed by atoms with Crippen LogP contribution in [0.15, 0.2) is 48.5 Å². The summed E-state index contributed by atoms with van der Waals surface area (Å²) in [5.41, 5.74) is 3.13. The number of rotatable bonds is 8. The largest absolute Gasteiger partial charge is 0.481 e. The van der Waals surface area contributed by atoms with Gasteiger partial charge in [-0.1, -0.05) is 48.5 Å². The van der Waals surface area contributed by atoms with Gasteiger partial charge in [0.2, 0.25) is 5.91 Å². The number of hydrogen-bond acceptors (Lipinski definition) is 6. The minimum absolute atomic E-state index is 0.0405. The average Bonchev–Trinajstić information content (AvgIpc) is 3.20. The Bertz CT molecular complexity index is 1120. The fraction of sp³-hybridized carbons (Fsp3) is 0.423. The normalized spacial score (nSPS) is 24.8. The second kappa shape index (κ2) is 8.66. The molecular formula is C26H28N2O7. The van der Waals surface area contributed by atoms with Crippen LogP contribution in [-0.2, 0) is 14.3 Å². The Hall–Kier alpha value is -3.43. The van der Waals surface area contributed by atoms with E-state index in [0.29, 0.717) is 6.42 Å². The van der Waals surface area contributed by atoms with Crippen molar-refractivity contribution in [1.82, 2.24) is 10.2 Å². The number of nitrogens with zero attached hydrogens (tertiary/aromatic N) is 1. The van der Waals surface area contributed by atoms with Crippen molar-refractivity contribution in [2.24, 2.45) is 10.8 Å². The molecule has 0 aromatic heterocycles. The molecule has 0 bridgehead atoms. The third kappa shape index (κ3) is 3.84. The van der Waals surface area contributed by atoms with Gasteiger partial charge in [0, 0.05) is 29.8 Å². The molecule has 184 valence electrons. The van der Waals surface area contributed by atoms with Crippen LogP contribution in [0.5, 0.6) is 0 Å². The number of aliphatic hydroxyl groups excluding tert-OH is 2. The second-order valence-electron chi connectivity index (χ2n) is 9.87. The van der Waals surface area contributed by atoms with E-state index in [2.05, 4.69) is 5.32 Å². The molecule has 4 N–H and O–H groups in total. The number of ether oxygens (including phenoxy) is 1. The van der Waals surface area contributed by atoms with E-state index in [9.17, 15) is 29.7 Å². The van der Waals surface area contributed by atoms with Gasteiger partial charge in [0.05, 0.1) is 19.6 Å². The molecule has 2 aromatic rings. The van der Waals surface area contributed by atoms with Crippen LogP contribution in [0.3, 0.4) is 0 Å². The molecule has 0 radical (unpaired) electrons. The molecule has 1 aliphatic heterocycles. The number of likely N-dealkylation sites (tertiary alicyclic amines) is 1. The Morgan fingerprint density at radius 2 is 1.51 bits per heavy atom. The van der Waals surface area contributed by atoms with Crippen molar-refractivity contribution in [2.75, 3.05) is 32.9 Å². The molecule has 2 amide bonds. The smallest absolute Gasteiger partial charge is 0.407 e. The van der Waals surface area contributed by atoms with Gasteiger partial charge in [0.15, 0.2) is 0 Å². The zero-order chi connectivity index (χ0) is 24.8. The Kier molecular flexibility index (Phi) is 5.77. The predicted octanol–water partition coefficient (Wildman–Crippen LogP) is 1.57. The SMILES string of the molecule is O=C(O)CC(NC(=O)OCC1c2ccccc2-c2ccccc21)C(=O)N1CC2(CO)CC2(CO)C1. The lowest BCUT2D eigenvalue weighted by atomic mass is 9.98. The zero-order valence-electron chi connectivity index (χ0n) is 19.1. The maximum absolute atomic E-state index is 13.1. The molecule has 0 spiro atoms. The molecule has 2 fully saturated rings. The molecule has 5 rings (SSSR count). The number of nitrogens with one attached hydrogen (secondary N) is 1. The average molecular weight is 481 g/mol. The second-order valence-corrected chi connectivity index (χ2v) is 9.87. The standard InChI is InChI=1S/C26H28N2O7/c29-14-25-11-26(25,15-30)13-28(12-25)23(33)21(9-22(31)32)27-24(34)35-10-20-18-7-3-1-5-16(18)17-6-2-4-8-19(17)20/h1-8,20-21,29-30H,9-15H2,(H,27,34)(H,31,32). The molecule has 1 saturated heterocycles.